The molecule has 1 amide bonds. The fraction of sp³-hybridized carbons (Fsp3) is 0.357. The van der Waals surface area contributed by atoms with Crippen LogP contribution in [0, 0.1) is 0 Å². The molecule has 0 fully saturated rings. The number of hydrogen-bond donors (Lipinski definition) is 1. The predicted molar refractivity (Wildman–Crippen MR) is 83.2 cm³/mol. The number of aromatic nitrogens is 2. The predicted octanol–water partition coefficient (Wildman–Crippen LogP) is 1.31. The van der Waals surface area contributed by atoms with E-state index in [0.717, 1.165) is 4.47 Å². The molecule has 0 radical (unpaired) electrons. The molecule has 0 unspecified atom stereocenters. The molecule has 0 spiro atoms. The van der Waals surface area contributed by atoms with Crippen molar-refractivity contribution in [3.8, 4) is 0 Å². The highest BCUT2D eigenvalue weighted by Crippen LogP contribution is 2.14. The minimum absolute atomic E-state index is 0.0671. The van der Waals surface area contributed by atoms with Gasteiger partial charge in [-0.3, -0.25) is 14.2 Å². The second kappa shape index (κ2) is 6.82. The number of hydrogen-bond acceptors (Lipinski definition) is 4. The zero-order valence-corrected chi connectivity index (χ0v) is 13.4. The number of amides is 1. The van der Waals surface area contributed by atoms with E-state index in [4.69, 9.17) is 4.74 Å². The topological polar surface area (TPSA) is 73.2 Å². The average Bonchev–Trinajstić information content (AvgIpc) is 2.42. The van der Waals surface area contributed by atoms with Gasteiger partial charge in [-0.15, -0.1) is 0 Å². The van der Waals surface area contributed by atoms with Gasteiger partial charge in [-0.2, -0.15) is 0 Å². The number of ether oxygens (including phenoxy) is 1. The molecule has 21 heavy (non-hydrogen) atoms. The smallest absolute Gasteiger partial charge is 0.261 e. The number of carbonyl (C=O) groups excluding carboxylic acids is 1. The van der Waals surface area contributed by atoms with Crippen molar-refractivity contribution in [1.82, 2.24) is 14.9 Å². The number of carbonyl (C=O) groups is 1. The van der Waals surface area contributed by atoms with Gasteiger partial charge < -0.3 is 10.1 Å². The Hall–Kier alpha value is -1.73. The van der Waals surface area contributed by atoms with E-state index < -0.39 is 0 Å². The minimum Gasteiger partial charge on any atom is -0.383 e. The molecule has 1 N–H and O–H groups in total. The van der Waals surface area contributed by atoms with Gasteiger partial charge in [0.25, 0.3) is 5.56 Å². The van der Waals surface area contributed by atoms with Crippen molar-refractivity contribution < 1.29 is 9.53 Å². The number of nitrogens with zero attached hydrogens (tertiary/aromatic N) is 2. The van der Waals surface area contributed by atoms with Crippen molar-refractivity contribution in [3.63, 3.8) is 0 Å². The standard InChI is InChI=1S/C14H16BrN3O3/c1-9(7-21-2)17-13(19)6-18-8-16-12-4-3-10(15)5-11(12)14(18)20/h3-5,8-9H,6-7H2,1-2H3,(H,17,19)/t9-/m0/s1. The fourth-order valence-corrected chi connectivity index (χ4v) is 2.37. The quantitative estimate of drug-likeness (QED) is 0.879. The Labute approximate surface area is 130 Å². The number of fused-ring (bicyclic) bond motifs is 1. The van der Waals surface area contributed by atoms with Crippen LogP contribution in [-0.2, 0) is 16.1 Å². The minimum atomic E-state index is -0.252. The highest BCUT2D eigenvalue weighted by atomic mass is 79.9. The fourth-order valence-electron chi connectivity index (χ4n) is 2.01. The van der Waals surface area contributed by atoms with Crippen molar-refractivity contribution >= 4 is 32.7 Å². The first-order valence-corrected chi connectivity index (χ1v) is 7.23. The third-order valence-corrected chi connectivity index (χ3v) is 3.42. The molecular weight excluding hydrogens is 338 g/mol. The van der Waals surface area contributed by atoms with Crippen LogP contribution in [-0.4, -0.2) is 35.2 Å². The van der Waals surface area contributed by atoms with Gasteiger partial charge in [-0.05, 0) is 25.1 Å². The molecule has 2 aromatic rings. The van der Waals surface area contributed by atoms with Crippen LogP contribution < -0.4 is 10.9 Å². The Morgan fingerprint density at radius 1 is 1.52 bits per heavy atom. The van der Waals surface area contributed by atoms with E-state index in [-0.39, 0.29) is 24.1 Å². The number of rotatable bonds is 5. The molecule has 112 valence electrons. The van der Waals surface area contributed by atoms with Crippen LogP contribution in [0.25, 0.3) is 10.9 Å². The highest BCUT2D eigenvalue weighted by molar-refractivity contribution is 9.10. The molecule has 2 rings (SSSR count). The van der Waals surface area contributed by atoms with E-state index in [2.05, 4.69) is 26.2 Å². The van der Waals surface area contributed by atoms with Crippen LogP contribution >= 0.6 is 15.9 Å². The normalized spacial score (nSPS) is 12.3. The average molecular weight is 354 g/mol. The highest BCUT2D eigenvalue weighted by Gasteiger charge is 2.10. The van der Waals surface area contributed by atoms with Crippen LogP contribution in [0.4, 0.5) is 0 Å². The molecule has 0 aliphatic carbocycles. The van der Waals surface area contributed by atoms with Gasteiger partial charge in [0.05, 0.1) is 23.8 Å². The summed E-state index contributed by atoms with van der Waals surface area (Å²) in [5, 5.41) is 3.23. The Morgan fingerprint density at radius 2 is 2.29 bits per heavy atom. The first-order chi connectivity index (χ1) is 10.0. The molecule has 0 aliphatic heterocycles. The van der Waals surface area contributed by atoms with Crippen molar-refractivity contribution in [2.45, 2.75) is 19.5 Å². The summed E-state index contributed by atoms with van der Waals surface area (Å²) in [7, 11) is 1.57. The number of methoxy groups -OCH3 is 1. The second-order valence-corrected chi connectivity index (χ2v) is 5.68. The number of nitrogens with one attached hydrogen (secondary N) is 1. The largest absolute Gasteiger partial charge is 0.383 e. The zero-order valence-electron chi connectivity index (χ0n) is 11.8. The van der Waals surface area contributed by atoms with E-state index in [1.807, 2.05) is 13.0 Å². The summed E-state index contributed by atoms with van der Waals surface area (Å²) in [5.74, 6) is -0.252. The Bertz CT molecular complexity index is 714. The molecule has 6 nitrogen and oxygen atoms in total. The lowest BCUT2D eigenvalue weighted by Crippen LogP contribution is -2.39. The van der Waals surface area contributed by atoms with Gasteiger partial charge in [0.2, 0.25) is 5.91 Å². The van der Waals surface area contributed by atoms with Crippen LogP contribution in [0.15, 0.2) is 33.8 Å². The van der Waals surface area contributed by atoms with Crippen LogP contribution in [0.2, 0.25) is 0 Å². The lowest BCUT2D eigenvalue weighted by atomic mass is 10.2. The van der Waals surface area contributed by atoms with E-state index >= 15 is 0 Å². The maximum atomic E-state index is 12.3. The monoisotopic (exact) mass is 353 g/mol. The van der Waals surface area contributed by atoms with Gasteiger partial charge in [0, 0.05) is 17.6 Å². The molecular formula is C14H16BrN3O3. The summed E-state index contributed by atoms with van der Waals surface area (Å²) < 4.78 is 7.04. The summed E-state index contributed by atoms with van der Waals surface area (Å²) in [4.78, 5) is 28.4. The van der Waals surface area contributed by atoms with Gasteiger partial charge in [-0.1, -0.05) is 15.9 Å². The zero-order chi connectivity index (χ0) is 15.4. The lowest BCUT2D eigenvalue weighted by Gasteiger charge is -2.13. The summed E-state index contributed by atoms with van der Waals surface area (Å²) in [6.07, 6.45) is 1.39. The van der Waals surface area contributed by atoms with E-state index in [1.165, 1.54) is 10.9 Å². The number of halogens is 1. The van der Waals surface area contributed by atoms with Gasteiger partial charge in [0.1, 0.15) is 6.54 Å². The Kier molecular flexibility index (Phi) is 5.08. The number of benzene rings is 1. The summed E-state index contributed by atoms with van der Waals surface area (Å²) >= 11 is 3.32. The summed E-state index contributed by atoms with van der Waals surface area (Å²) in [6, 6.07) is 5.16. The molecule has 0 saturated carbocycles. The molecule has 1 aromatic carbocycles. The molecule has 0 aliphatic rings. The third kappa shape index (κ3) is 3.89. The SMILES string of the molecule is COC[C@H](C)NC(=O)Cn1cnc2ccc(Br)cc2c1=O. The maximum Gasteiger partial charge on any atom is 0.261 e. The first kappa shape index (κ1) is 15.7. The molecule has 0 saturated heterocycles. The van der Waals surface area contributed by atoms with Gasteiger partial charge in [-0.25, -0.2) is 4.98 Å². The molecule has 1 atom stereocenters. The van der Waals surface area contributed by atoms with E-state index in [9.17, 15) is 9.59 Å². The Balaban J connectivity index is 2.21. The van der Waals surface area contributed by atoms with Crippen LogP contribution in [0.5, 0.6) is 0 Å². The summed E-state index contributed by atoms with van der Waals surface area (Å²) in [5.41, 5.74) is 0.364. The Morgan fingerprint density at radius 3 is 3.00 bits per heavy atom. The van der Waals surface area contributed by atoms with Crippen LogP contribution in [0.3, 0.4) is 0 Å². The van der Waals surface area contributed by atoms with Crippen molar-refractivity contribution in [2.75, 3.05) is 13.7 Å². The molecule has 1 heterocycles. The first-order valence-electron chi connectivity index (χ1n) is 6.44. The van der Waals surface area contributed by atoms with Crippen LogP contribution in [0.1, 0.15) is 6.92 Å². The lowest BCUT2D eigenvalue weighted by molar-refractivity contribution is -0.122. The van der Waals surface area contributed by atoms with Crippen molar-refractivity contribution in [1.29, 1.82) is 0 Å². The third-order valence-electron chi connectivity index (χ3n) is 2.92. The van der Waals surface area contributed by atoms with Crippen molar-refractivity contribution in [2.24, 2.45) is 0 Å². The molecule has 7 heteroatoms. The van der Waals surface area contributed by atoms with Gasteiger partial charge >= 0.3 is 0 Å². The molecule has 1 aromatic heterocycles. The van der Waals surface area contributed by atoms with Gasteiger partial charge in [0.15, 0.2) is 0 Å². The van der Waals surface area contributed by atoms with E-state index in [1.54, 1.807) is 19.2 Å². The van der Waals surface area contributed by atoms with E-state index in [0.29, 0.717) is 17.5 Å². The van der Waals surface area contributed by atoms with Crippen molar-refractivity contribution in [3.05, 3.63) is 39.4 Å². The maximum absolute atomic E-state index is 12.3. The summed E-state index contributed by atoms with van der Waals surface area (Å²) in [6.45, 7) is 2.19. The molecule has 0 bridgehead atoms. The second-order valence-electron chi connectivity index (χ2n) is 4.76.